The minimum absolute atomic E-state index is 1.20. The maximum atomic E-state index is 2.44. The fourth-order valence-corrected chi connectivity index (χ4v) is 4.67. The van der Waals surface area contributed by atoms with Gasteiger partial charge in [0.15, 0.2) is 11.0 Å². The van der Waals surface area contributed by atoms with Gasteiger partial charge in [-0.3, -0.25) is 0 Å². The second-order valence-electron chi connectivity index (χ2n) is 8.34. The van der Waals surface area contributed by atoms with Crippen molar-refractivity contribution in [3.8, 4) is 28.2 Å². The zero-order valence-corrected chi connectivity index (χ0v) is 18.6. The Bertz CT molecular complexity index is 1390. The van der Waals surface area contributed by atoms with E-state index in [0.717, 1.165) is 0 Å². The van der Waals surface area contributed by atoms with Gasteiger partial charge in [0, 0.05) is 0 Å². The summed E-state index contributed by atoms with van der Waals surface area (Å²) in [5.41, 5.74) is 11.3. The standard InChI is InChI=1S/C29H27N2/c1-20-17-18-24(23-13-6-5-7-14-23)19-25(20)29-30(4)26-15-8-9-16-27(26)31(29)28-21(2)11-10-12-22(28)3/h5-19H,1-4H3/q+1. The molecule has 1 heterocycles. The highest BCUT2D eigenvalue weighted by Gasteiger charge is 2.28. The molecule has 4 aromatic carbocycles. The average molecular weight is 404 g/mol. The van der Waals surface area contributed by atoms with E-state index in [1.807, 2.05) is 0 Å². The highest BCUT2D eigenvalue weighted by Crippen LogP contribution is 2.34. The first-order valence-corrected chi connectivity index (χ1v) is 10.8. The van der Waals surface area contributed by atoms with E-state index in [-0.39, 0.29) is 0 Å². The summed E-state index contributed by atoms with van der Waals surface area (Å²) in [6.45, 7) is 6.61. The third-order valence-electron chi connectivity index (χ3n) is 6.26. The van der Waals surface area contributed by atoms with E-state index in [1.165, 1.54) is 55.9 Å². The molecule has 5 aromatic rings. The van der Waals surface area contributed by atoms with Crippen LogP contribution in [-0.2, 0) is 7.05 Å². The number of imidazole rings is 1. The SMILES string of the molecule is Cc1ccc(-c2ccccc2)cc1-c1n(-c2c(C)cccc2C)c2ccccc2[n+]1C. The smallest absolute Gasteiger partial charge is 0.225 e. The van der Waals surface area contributed by atoms with Crippen molar-refractivity contribution in [2.75, 3.05) is 0 Å². The van der Waals surface area contributed by atoms with Crippen LogP contribution in [0.3, 0.4) is 0 Å². The number of hydrogen-bond acceptors (Lipinski definition) is 0. The van der Waals surface area contributed by atoms with Crippen LogP contribution in [0.2, 0.25) is 0 Å². The van der Waals surface area contributed by atoms with Gasteiger partial charge in [-0.15, -0.1) is 0 Å². The molecule has 0 amide bonds. The Kier molecular flexibility index (Phi) is 4.71. The monoisotopic (exact) mass is 403 g/mol. The van der Waals surface area contributed by atoms with Gasteiger partial charge in [0.1, 0.15) is 5.69 Å². The first-order valence-electron chi connectivity index (χ1n) is 10.8. The van der Waals surface area contributed by atoms with Crippen molar-refractivity contribution in [1.29, 1.82) is 0 Å². The third kappa shape index (κ3) is 3.16. The van der Waals surface area contributed by atoms with E-state index in [9.17, 15) is 0 Å². The van der Waals surface area contributed by atoms with Crippen LogP contribution in [0.4, 0.5) is 0 Å². The molecule has 1 aromatic heterocycles. The molecule has 152 valence electrons. The minimum Gasteiger partial charge on any atom is -0.225 e. The Morgan fingerprint density at radius 1 is 0.613 bits per heavy atom. The number of aryl methyl sites for hydroxylation is 4. The minimum atomic E-state index is 1.20. The summed E-state index contributed by atoms with van der Waals surface area (Å²) < 4.78 is 4.77. The molecule has 31 heavy (non-hydrogen) atoms. The number of nitrogens with zero attached hydrogens (tertiary/aromatic N) is 2. The highest BCUT2D eigenvalue weighted by atomic mass is 15.2. The molecule has 0 aliphatic heterocycles. The van der Waals surface area contributed by atoms with Crippen LogP contribution in [-0.4, -0.2) is 4.57 Å². The molecule has 0 bridgehead atoms. The molecule has 0 atom stereocenters. The zero-order chi connectivity index (χ0) is 21.5. The van der Waals surface area contributed by atoms with Crippen LogP contribution in [0.15, 0.2) is 91.0 Å². The van der Waals surface area contributed by atoms with Gasteiger partial charge in [0.2, 0.25) is 0 Å². The molecule has 0 fully saturated rings. The zero-order valence-electron chi connectivity index (χ0n) is 18.6. The Hall–Kier alpha value is -3.65. The second-order valence-corrected chi connectivity index (χ2v) is 8.34. The summed E-state index contributed by atoms with van der Waals surface area (Å²) >= 11 is 0. The summed E-state index contributed by atoms with van der Waals surface area (Å²) in [5.74, 6) is 1.20. The van der Waals surface area contributed by atoms with Crippen LogP contribution in [0.25, 0.3) is 39.2 Å². The molecule has 2 nitrogen and oxygen atoms in total. The lowest BCUT2D eigenvalue weighted by atomic mass is 9.99. The Labute approximate surface area is 184 Å². The van der Waals surface area contributed by atoms with Crippen molar-refractivity contribution < 1.29 is 4.57 Å². The lowest BCUT2D eigenvalue weighted by Crippen LogP contribution is -2.30. The maximum absolute atomic E-state index is 2.44. The number of fused-ring (bicyclic) bond motifs is 1. The molecule has 0 radical (unpaired) electrons. The van der Waals surface area contributed by atoms with Crippen LogP contribution >= 0.6 is 0 Å². The molecule has 0 unspecified atom stereocenters. The Morgan fingerprint density at radius 2 is 1.29 bits per heavy atom. The predicted octanol–water partition coefficient (Wildman–Crippen LogP) is 6.71. The van der Waals surface area contributed by atoms with Gasteiger partial charge in [0.05, 0.1) is 12.6 Å². The topological polar surface area (TPSA) is 8.81 Å². The first-order chi connectivity index (χ1) is 15.1. The summed E-state index contributed by atoms with van der Waals surface area (Å²) in [5, 5.41) is 0. The van der Waals surface area contributed by atoms with Crippen molar-refractivity contribution in [3.63, 3.8) is 0 Å². The van der Waals surface area contributed by atoms with Gasteiger partial charge < -0.3 is 0 Å². The molecule has 2 heteroatoms. The molecule has 0 spiro atoms. The molecule has 0 saturated carbocycles. The van der Waals surface area contributed by atoms with Gasteiger partial charge in [-0.05, 0) is 66.8 Å². The van der Waals surface area contributed by atoms with E-state index in [0.29, 0.717) is 0 Å². The number of rotatable bonds is 3. The predicted molar refractivity (Wildman–Crippen MR) is 130 cm³/mol. The largest absolute Gasteiger partial charge is 0.295 e. The summed E-state index contributed by atoms with van der Waals surface area (Å²) in [4.78, 5) is 0. The van der Waals surface area contributed by atoms with E-state index in [4.69, 9.17) is 0 Å². The van der Waals surface area contributed by atoms with Crippen molar-refractivity contribution >= 4 is 11.0 Å². The van der Waals surface area contributed by atoms with Gasteiger partial charge in [0.25, 0.3) is 5.82 Å². The molecule has 5 rings (SSSR count). The summed E-state index contributed by atoms with van der Waals surface area (Å²) in [6, 6.07) is 32.6. The molecular weight excluding hydrogens is 376 g/mol. The van der Waals surface area contributed by atoms with Crippen molar-refractivity contribution in [1.82, 2.24) is 4.57 Å². The second kappa shape index (κ2) is 7.55. The van der Waals surface area contributed by atoms with E-state index in [1.54, 1.807) is 0 Å². The molecule has 0 saturated heterocycles. The van der Waals surface area contributed by atoms with Crippen molar-refractivity contribution in [2.24, 2.45) is 7.05 Å². The van der Waals surface area contributed by atoms with Crippen LogP contribution in [0.5, 0.6) is 0 Å². The van der Waals surface area contributed by atoms with Crippen molar-refractivity contribution in [2.45, 2.75) is 20.8 Å². The quantitative estimate of drug-likeness (QED) is 0.296. The molecule has 0 N–H and O–H groups in total. The van der Waals surface area contributed by atoms with Crippen LogP contribution in [0.1, 0.15) is 16.7 Å². The average Bonchev–Trinajstić information content (AvgIpc) is 3.07. The number of para-hydroxylation sites is 3. The fraction of sp³-hybridized carbons (Fsp3) is 0.138. The highest BCUT2D eigenvalue weighted by molar-refractivity contribution is 5.82. The fourth-order valence-electron chi connectivity index (χ4n) is 4.67. The maximum Gasteiger partial charge on any atom is 0.295 e. The summed E-state index contributed by atoms with van der Waals surface area (Å²) in [6.07, 6.45) is 0. The number of aromatic nitrogens is 2. The Morgan fingerprint density at radius 3 is 2.03 bits per heavy atom. The summed E-state index contributed by atoms with van der Waals surface area (Å²) in [7, 11) is 2.18. The van der Waals surface area contributed by atoms with Crippen LogP contribution < -0.4 is 4.57 Å². The Balaban J connectivity index is 1.88. The van der Waals surface area contributed by atoms with E-state index in [2.05, 4.69) is 128 Å². The first kappa shape index (κ1) is 19.3. The third-order valence-corrected chi connectivity index (χ3v) is 6.26. The van der Waals surface area contributed by atoms with Gasteiger partial charge in [-0.25, -0.2) is 4.57 Å². The van der Waals surface area contributed by atoms with Gasteiger partial charge in [-0.2, -0.15) is 4.57 Å². The normalized spacial score (nSPS) is 11.2. The van der Waals surface area contributed by atoms with E-state index < -0.39 is 0 Å². The van der Waals surface area contributed by atoms with Crippen molar-refractivity contribution in [3.05, 3.63) is 108 Å². The molecule has 0 aliphatic carbocycles. The lowest BCUT2D eigenvalue weighted by molar-refractivity contribution is -0.633. The number of benzene rings is 4. The van der Waals surface area contributed by atoms with E-state index >= 15 is 0 Å². The van der Waals surface area contributed by atoms with Gasteiger partial charge in [-0.1, -0.05) is 72.8 Å². The number of hydrogen-bond donors (Lipinski definition) is 0. The lowest BCUT2D eigenvalue weighted by Gasteiger charge is -2.12. The molecular formula is C29H27N2+. The van der Waals surface area contributed by atoms with Crippen LogP contribution in [0, 0.1) is 20.8 Å². The van der Waals surface area contributed by atoms with Gasteiger partial charge >= 0.3 is 0 Å². The molecule has 0 aliphatic rings.